The van der Waals surface area contributed by atoms with Gasteiger partial charge in [0.25, 0.3) is 0 Å². The van der Waals surface area contributed by atoms with Gasteiger partial charge in [-0.05, 0) is 47.8 Å². The minimum Gasteiger partial charge on any atom is -0.446 e. The molecule has 1 saturated carbocycles. The second-order valence-electron chi connectivity index (χ2n) is 7.63. The van der Waals surface area contributed by atoms with Gasteiger partial charge in [-0.2, -0.15) is 0 Å². The topological polar surface area (TPSA) is 65.5 Å². The van der Waals surface area contributed by atoms with Crippen LogP contribution in [0.2, 0.25) is 0 Å². The Morgan fingerprint density at radius 1 is 1.23 bits per heavy atom. The highest BCUT2D eigenvalue weighted by atomic mass is 79.9. The van der Waals surface area contributed by atoms with E-state index >= 15 is 0 Å². The summed E-state index contributed by atoms with van der Waals surface area (Å²) >= 11 is 6.95. The maximum Gasteiger partial charge on any atom is 0.356 e. The van der Waals surface area contributed by atoms with Crippen molar-refractivity contribution in [2.75, 3.05) is 0 Å². The van der Waals surface area contributed by atoms with Gasteiger partial charge in [0, 0.05) is 21.5 Å². The number of hydrogen-bond donors (Lipinski definition) is 0. The summed E-state index contributed by atoms with van der Waals surface area (Å²) in [6.07, 6.45) is 2.71. The number of halogens is 2. The Balaban J connectivity index is 1.79. The molecule has 1 aromatic carbocycles. The Kier molecular flexibility index (Phi) is 3.80. The first-order valence-corrected chi connectivity index (χ1v) is 9.91. The van der Waals surface area contributed by atoms with Gasteiger partial charge in [0.15, 0.2) is 5.75 Å². The molecule has 7 heteroatoms. The van der Waals surface area contributed by atoms with Crippen LogP contribution in [0.5, 0.6) is 5.75 Å². The molecule has 0 radical (unpaired) electrons. The van der Waals surface area contributed by atoms with Crippen LogP contribution in [0.1, 0.15) is 33.6 Å². The molecule has 2 aromatic rings. The summed E-state index contributed by atoms with van der Waals surface area (Å²) in [6.45, 7) is 5.67. The molecule has 1 aliphatic carbocycles. The lowest BCUT2D eigenvalue weighted by atomic mass is 9.66. The summed E-state index contributed by atoms with van der Waals surface area (Å²) < 4.78 is 12.9. The molecule has 1 aliphatic heterocycles. The van der Waals surface area contributed by atoms with Gasteiger partial charge in [-0.15, -0.1) is 0 Å². The van der Waals surface area contributed by atoms with Crippen LogP contribution in [0.15, 0.2) is 33.3 Å². The van der Waals surface area contributed by atoms with Crippen molar-refractivity contribution in [2.24, 2.45) is 10.8 Å². The first-order valence-electron chi connectivity index (χ1n) is 8.32. The fourth-order valence-electron chi connectivity index (χ4n) is 4.12. The van der Waals surface area contributed by atoms with E-state index in [9.17, 15) is 9.59 Å². The lowest BCUT2D eigenvalue weighted by molar-refractivity contribution is -0.176. The van der Waals surface area contributed by atoms with Crippen molar-refractivity contribution < 1.29 is 19.1 Å². The SMILES string of the molecule is CC12CCC(C(=O)Oc3c(Br)cc(Br)c4cccnc34)(OC1=O)C2(C)C. The van der Waals surface area contributed by atoms with Gasteiger partial charge in [-0.3, -0.25) is 9.78 Å². The molecule has 26 heavy (non-hydrogen) atoms. The van der Waals surface area contributed by atoms with Crippen LogP contribution in [0.3, 0.4) is 0 Å². The van der Waals surface area contributed by atoms with Crippen LogP contribution >= 0.6 is 31.9 Å². The Hall–Kier alpha value is -1.47. The van der Waals surface area contributed by atoms with Gasteiger partial charge < -0.3 is 9.47 Å². The monoisotopic (exact) mass is 481 g/mol. The molecular weight excluding hydrogens is 466 g/mol. The van der Waals surface area contributed by atoms with E-state index in [0.29, 0.717) is 28.6 Å². The fraction of sp³-hybridized carbons (Fsp3) is 0.421. The number of pyridine rings is 1. The van der Waals surface area contributed by atoms with E-state index in [2.05, 4.69) is 36.8 Å². The van der Waals surface area contributed by atoms with Crippen LogP contribution in [0, 0.1) is 10.8 Å². The van der Waals surface area contributed by atoms with Crippen molar-refractivity contribution in [1.82, 2.24) is 4.98 Å². The summed E-state index contributed by atoms with van der Waals surface area (Å²) in [7, 11) is 0. The minimum absolute atomic E-state index is 0.329. The molecule has 0 N–H and O–H groups in total. The van der Waals surface area contributed by atoms with Gasteiger partial charge in [-0.25, -0.2) is 4.79 Å². The lowest BCUT2D eigenvalue weighted by Crippen LogP contribution is -2.50. The number of hydrogen-bond acceptors (Lipinski definition) is 5. The highest BCUT2D eigenvalue weighted by molar-refractivity contribution is 9.11. The Labute approximate surface area is 167 Å². The highest BCUT2D eigenvalue weighted by Gasteiger charge is 2.76. The largest absolute Gasteiger partial charge is 0.446 e. The van der Waals surface area contributed by atoms with Crippen LogP contribution in [-0.2, 0) is 14.3 Å². The first-order chi connectivity index (χ1) is 12.1. The number of ether oxygens (including phenoxy) is 2. The predicted molar refractivity (Wildman–Crippen MR) is 103 cm³/mol. The predicted octanol–water partition coefficient (Wildman–Crippen LogP) is 4.79. The van der Waals surface area contributed by atoms with Crippen molar-refractivity contribution >= 4 is 54.7 Å². The smallest absolute Gasteiger partial charge is 0.356 e. The molecule has 2 aliphatic rings. The molecule has 1 aromatic heterocycles. The molecule has 5 nitrogen and oxygen atoms in total. The Bertz CT molecular complexity index is 973. The Morgan fingerprint density at radius 2 is 1.96 bits per heavy atom. The number of aromatic nitrogens is 1. The maximum atomic E-state index is 13.2. The molecule has 2 bridgehead atoms. The second kappa shape index (κ2) is 5.52. The zero-order chi connectivity index (χ0) is 18.9. The second-order valence-corrected chi connectivity index (χ2v) is 9.34. The Morgan fingerprint density at radius 3 is 2.58 bits per heavy atom. The minimum atomic E-state index is -1.27. The van der Waals surface area contributed by atoms with Gasteiger partial charge in [0.2, 0.25) is 5.60 Å². The van der Waals surface area contributed by atoms with E-state index in [0.717, 1.165) is 9.86 Å². The van der Waals surface area contributed by atoms with Gasteiger partial charge in [-0.1, -0.05) is 35.8 Å². The number of rotatable bonds is 2. The summed E-state index contributed by atoms with van der Waals surface area (Å²) in [5.74, 6) is -0.550. The first kappa shape index (κ1) is 17.9. The molecule has 2 fully saturated rings. The van der Waals surface area contributed by atoms with E-state index in [1.807, 2.05) is 39.0 Å². The molecule has 1 saturated heterocycles. The van der Waals surface area contributed by atoms with E-state index in [-0.39, 0.29) is 5.97 Å². The molecule has 0 spiro atoms. The zero-order valence-electron chi connectivity index (χ0n) is 14.6. The summed E-state index contributed by atoms with van der Waals surface area (Å²) in [5.41, 5.74) is -2.05. The number of benzene rings is 1. The van der Waals surface area contributed by atoms with E-state index in [1.54, 1.807) is 6.20 Å². The van der Waals surface area contributed by atoms with Crippen LogP contribution in [-0.4, -0.2) is 22.5 Å². The van der Waals surface area contributed by atoms with Crippen molar-refractivity contribution in [3.63, 3.8) is 0 Å². The molecule has 136 valence electrons. The van der Waals surface area contributed by atoms with Gasteiger partial charge in [0.1, 0.15) is 5.52 Å². The molecule has 4 rings (SSSR count). The van der Waals surface area contributed by atoms with Crippen LogP contribution in [0.25, 0.3) is 10.9 Å². The zero-order valence-corrected chi connectivity index (χ0v) is 17.7. The fourth-order valence-corrected chi connectivity index (χ4v) is 5.47. The molecule has 2 atom stereocenters. The van der Waals surface area contributed by atoms with Crippen molar-refractivity contribution in [3.8, 4) is 5.75 Å². The summed E-state index contributed by atoms with van der Waals surface area (Å²) in [6, 6.07) is 5.52. The third-order valence-electron chi connectivity index (χ3n) is 6.36. The van der Waals surface area contributed by atoms with Crippen LogP contribution in [0.4, 0.5) is 0 Å². The average molecular weight is 483 g/mol. The maximum absolute atomic E-state index is 13.2. The quantitative estimate of drug-likeness (QED) is 0.455. The van der Waals surface area contributed by atoms with Crippen molar-refractivity contribution in [1.29, 1.82) is 0 Å². The third-order valence-corrected chi connectivity index (χ3v) is 7.60. The summed E-state index contributed by atoms with van der Waals surface area (Å²) in [5, 5.41) is 0.829. The van der Waals surface area contributed by atoms with Crippen molar-refractivity contribution in [2.45, 2.75) is 39.2 Å². The third kappa shape index (κ3) is 2.04. The van der Waals surface area contributed by atoms with Gasteiger partial charge >= 0.3 is 11.9 Å². The number of carbonyl (C=O) groups is 2. The summed E-state index contributed by atoms with van der Waals surface area (Å²) in [4.78, 5) is 30.0. The van der Waals surface area contributed by atoms with E-state index < -0.39 is 22.4 Å². The number of nitrogens with zero attached hydrogens (tertiary/aromatic N) is 1. The number of esters is 2. The van der Waals surface area contributed by atoms with E-state index in [4.69, 9.17) is 9.47 Å². The highest BCUT2D eigenvalue weighted by Crippen LogP contribution is 2.65. The standard InChI is InChI=1S/C19H17Br2NO4/c1-17(2)18(3)6-7-19(17,26-15(18)23)16(24)25-14-12(21)9-11(20)10-5-4-8-22-13(10)14/h4-5,8-9H,6-7H2,1-3H3. The van der Waals surface area contributed by atoms with Crippen molar-refractivity contribution in [3.05, 3.63) is 33.3 Å². The van der Waals surface area contributed by atoms with Gasteiger partial charge in [0.05, 0.1) is 9.89 Å². The van der Waals surface area contributed by atoms with Crippen LogP contribution < -0.4 is 4.74 Å². The number of carbonyl (C=O) groups excluding carboxylic acids is 2. The molecule has 2 heterocycles. The van der Waals surface area contributed by atoms with E-state index in [1.165, 1.54) is 0 Å². The lowest BCUT2D eigenvalue weighted by Gasteiger charge is -2.34. The average Bonchev–Trinajstić information content (AvgIpc) is 2.89. The molecular formula is C19H17Br2NO4. The molecule has 0 amide bonds. The normalized spacial score (nSPS) is 29.0. The molecule has 2 unspecified atom stereocenters. The number of fused-ring (bicyclic) bond motifs is 3.